The average Bonchev–Trinajstić information content (AvgIpc) is 2.48. The van der Waals surface area contributed by atoms with Crippen LogP contribution in [0.1, 0.15) is 0 Å². The zero-order valence-corrected chi connectivity index (χ0v) is 15.4. The number of aromatic hydroxyl groups is 1. The number of nitrogens with zero attached hydrogens (tertiary/aromatic N) is 2. The summed E-state index contributed by atoms with van der Waals surface area (Å²) in [7, 11) is 0. The standard InChI is InChI=1S/C15H20Cl2N4O2.ClH/c16-11-5-13(14(22)6-12(11)17)19-9-15(23)21-3-1-20(2-4-21)10-7-18-8-10;/h5-6,10,18-19,22H,1-4,7-9H2;1H. The number of phenols is 1. The summed E-state index contributed by atoms with van der Waals surface area (Å²) >= 11 is 11.7. The number of benzene rings is 1. The van der Waals surface area contributed by atoms with Crippen LogP contribution in [-0.2, 0) is 4.79 Å². The van der Waals surface area contributed by atoms with Crippen molar-refractivity contribution in [3.8, 4) is 5.75 Å². The van der Waals surface area contributed by atoms with Gasteiger partial charge < -0.3 is 20.6 Å². The molecule has 1 aromatic carbocycles. The van der Waals surface area contributed by atoms with E-state index in [-0.39, 0.29) is 35.6 Å². The van der Waals surface area contributed by atoms with E-state index in [9.17, 15) is 9.90 Å². The van der Waals surface area contributed by atoms with Crippen LogP contribution in [0.25, 0.3) is 0 Å². The lowest BCUT2D eigenvalue weighted by molar-refractivity contribution is -0.131. The van der Waals surface area contributed by atoms with Crippen molar-refractivity contribution in [2.45, 2.75) is 6.04 Å². The summed E-state index contributed by atoms with van der Waals surface area (Å²) in [6.07, 6.45) is 0. The molecule has 24 heavy (non-hydrogen) atoms. The van der Waals surface area contributed by atoms with Gasteiger partial charge in [-0.05, 0) is 6.07 Å². The molecular formula is C15H21Cl3N4O2. The van der Waals surface area contributed by atoms with E-state index in [4.69, 9.17) is 23.2 Å². The van der Waals surface area contributed by atoms with Crippen LogP contribution in [0.4, 0.5) is 5.69 Å². The fourth-order valence-corrected chi connectivity index (χ4v) is 3.15. The molecule has 9 heteroatoms. The number of phenolic OH excluding ortho intramolecular Hbond substituents is 1. The second-order valence-electron chi connectivity index (χ2n) is 5.87. The summed E-state index contributed by atoms with van der Waals surface area (Å²) < 4.78 is 0. The number of nitrogens with one attached hydrogen (secondary N) is 2. The lowest BCUT2D eigenvalue weighted by atomic mass is 10.1. The molecular weight excluding hydrogens is 375 g/mol. The Morgan fingerprint density at radius 3 is 2.42 bits per heavy atom. The molecule has 2 aliphatic heterocycles. The molecule has 2 saturated heterocycles. The molecule has 1 amide bonds. The highest BCUT2D eigenvalue weighted by molar-refractivity contribution is 6.42. The second kappa shape index (κ2) is 8.45. The van der Waals surface area contributed by atoms with Crippen LogP contribution < -0.4 is 10.6 Å². The number of hydrogen-bond acceptors (Lipinski definition) is 5. The summed E-state index contributed by atoms with van der Waals surface area (Å²) in [5.41, 5.74) is 0.409. The van der Waals surface area contributed by atoms with Crippen LogP contribution in [0.3, 0.4) is 0 Å². The van der Waals surface area contributed by atoms with Gasteiger partial charge in [0.05, 0.1) is 22.3 Å². The van der Waals surface area contributed by atoms with Crippen LogP contribution in [0, 0.1) is 0 Å². The molecule has 0 aromatic heterocycles. The molecule has 0 aliphatic carbocycles. The highest BCUT2D eigenvalue weighted by atomic mass is 35.5. The van der Waals surface area contributed by atoms with Gasteiger partial charge >= 0.3 is 0 Å². The molecule has 2 heterocycles. The van der Waals surface area contributed by atoms with Crippen molar-refractivity contribution in [1.29, 1.82) is 0 Å². The van der Waals surface area contributed by atoms with E-state index in [0.717, 1.165) is 39.3 Å². The Bertz CT molecular complexity index is 590. The quantitative estimate of drug-likeness (QED) is 0.677. The summed E-state index contributed by atoms with van der Waals surface area (Å²) in [5.74, 6) is -0.00337. The van der Waals surface area contributed by atoms with E-state index in [0.29, 0.717) is 16.8 Å². The van der Waals surface area contributed by atoms with Gasteiger partial charge in [-0.15, -0.1) is 12.4 Å². The molecule has 1 aromatic rings. The number of piperazine rings is 1. The Balaban J connectivity index is 0.00000208. The molecule has 0 radical (unpaired) electrons. The number of rotatable bonds is 4. The Labute approximate surface area is 157 Å². The van der Waals surface area contributed by atoms with Crippen LogP contribution in [-0.4, -0.2) is 72.7 Å². The first kappa shape index (κ1) is 19.4. The highest BCUT2D eigenvalue weighted by Crippen LogP contribution is 2.33. The van der Waals surface area contributed by atoms with Crippen LogP contribution >= 0.6 is 35.6 Å². The molecule has 0 unspecified atom stereocenters. The molecule has 6 nitrogen and oxygen atoms in total. The number of anilines is 1. The number of carbonyl (C=O) groups excluding carboxylic acids is 1. The first-order valence-corrected chi connectivity index (χ1v) is 8.44. The summed E-state index contributed by atoms with van der Waals surface area (Å²) in [5, 5.41) is 16.6. The minimum absolute atomic E-state index is 0. The second-order valence-corrected chi connectivity index (χ2v) is 6.68. The topological polar surface area (TPSA) is 67.8 Å². The summed E-state index contributed by atoms with van der Waals surface area (Å²) in [4.78, 5) is 16.6. The number of halogens is 3. The maximum Gasteiger partial charge on any atom is 0.241 e. The maximum absolute atomic E-state index is 12.3. The SMILES string of the molecule is Cl.O=C(CNc1cc(Cl)c(Cl)cc1O)N1CCN(C2CNC2)CC1. The van der Waals surface area contributed by atoms with Gasteiger partial charge in [-0.3, -0.25) is 9.69 Å². The fourth-order valence-electron chi connectivity index (χ4n) is 2.83. The van der Waals surface area contributed by atoms with E-state index in [1.165, 1.54) is 12.1 Å². The van der Waals surface area contributed by atoms with Gasteiger partial charge in [0.1, 0.15) is 5.75 Å². The van der Waals surface area contributed by atoms with E-state index in [1.54, 1.807) is 0 Å². The van der Waals surface area contributed by atoms with E-state index in [2.05, 4.69) is 15.5 Å². The third-order valence-corrected chi connectivity index (χ3v) is 5.13. The fraction of sp³-hybridized carbons (Fsp3) is 0.533. The van der Waals surface area contributed by atoms with Crippen LogP contribution in [0.5, 0.6) is 5.75 Å². The molecule has 0 bridgehead atoms. The first-order valence-electron chi connectivity index (χ1n) is 7.69. The average molecular weight is 396 g/mol. The van der Waals surface area contributed by atoms with Gasteiger partial charge in [-0.1, -0.05) is 23.2 Å². The van der Waals surface area contributed by atoms with E-state index >= 15 is 0 Å². The van der Waals surface area contributed by atoms with Crippen molar-refractivity contribution in [2.75, 3.05) is 51.1 Å². The van der Waals surface area contributed by atoms with Crippen molar-refractivity contribution >= 4 is 47.2 Å². The zero-order valence-electron chi connectivity index (χ0n) is 13.1. The highest BCUT2D eigenvalue weighted by Gasteiger charge is 2.29. The molecule has 0 atom stereocenters. The van der Waals surface area contributed by atoms with Crippen molar-refractivity contribution in [2.24, 2.45) is 0 Å². The summed E-state index contributed by atoms with van der Waals surface area (Å²) in [6, 6.07) is 3.51. The third kappa shape index (κ3) is 4.37. The lowest BCUT2D eigenvalue weighted by Crippen LogP contribution is -2.62. The zero-order chi connectivity index (χ0) is 16.4. The number of hydrogen-bond donors (Lipinski definition) is 3. The van der Waals surface area contributed by atoms with Gasteiger partial charge in [-0.2, -0.15) is 0 Å². The van der Waals surface area contributed by atoms with Gasteiger partial charge in [0.15, 0.2) is 0 Å². The van der Waals surface area contributed by atoms with Gasteiger partial charge in [0.25, 0.3) is 0 Å². The molecule has 0 saturated carbocycles. The molecule has 2 aliphatic rings. The summed E-state index contributed by atoms with van der Waals surface area (Å²) in [6.45, 7) is 5.52. The Hall–Kier alpha value is -0.920. The minimum atomic E-state index is -0.0190. The predicted molar refractivity (Wildman–Crippen MR) is 98.7 cm³/mol. The maximum atomic E-state index is 12.3. The first-order chi connectivity index (χ1) is 11.0. The van der Waals surface area contributed by atoms with E-state index < -0.39 is 0 Å². The number of carbonyl (C=O) groups is 1. The molecule has 0 spiro atoms. The Kier molecular flexibility index (Phi) is 6.83. The van der Waals surface area contributed by atoms with Crippen LogP contribution in [0.2, 0.25) is 10.0 Å². The number of amides is 1. The lowest BCUT2D eigenvalue weighted by Gasteiger charge is -2.43. The Morgan fingerprint density at radius 2 is 1.83 bits per heavy atom. The minimum Gasteiger partial charge on any atom is -0.506 e. The van der Waals surface area contributed by atoms with Crippen molar-refractivity contribution in [1.82, 2.24) is 15.1 Å². The van der Waals surface area contributed by atoms with E-state index in [1.807, 2.05) is 4.90 Å². The van der Waals surface area contributed by atoms with Crippen molar-refractivity contribution < 1.29 is 9.90 Å². The van der Waals surface area contributed by atoms with Crippen molar-refractivity contribution in [3.05, 3.63) is 22.2 Å². The predicted octanol–water partition coefficient (Wildman–Crippen LogP) is 1.65. The van der Waals surface area contributed by atoms with Crippen LogP contribution in [0.15, 0.2) is 12.1 Å². The largest absolute Gasteiger partial charge is 0.506 e. The molecule has 134 valence electrons. The molecule has 2 fully saturated rings. The third-order valence-electron chi connectivity index (χ3n) is 4.41. The molecule has 3 N–H and O–H groups in total. The van der Waals surface area contributed by atoms with Gasteiger partial charge in [0, 0.05) is 51.4 Å². The molecule has 3 rings (SSSR count). The van der Waals surface area contributed by atoms with Gasteiger partial charge in [-0.25, -0.2) is 0 Å². The van der Waals surface area contributed by atoms with Crippen molar-refractivity contribution in [3.63, 3.8) is 0 Å². The monoisotopic (exact) mass is 394 g/mol. The Morgan fingerprint density at radius 1 is 1.21 bits per heavy atom. The normalized spacial score (nSPS) is 18.7. The van der Waals surface area contributed by atoms with Gasteiger partial charge in [0.2, 0.25) is 5.91 Å². The smallest absolute Gasteiger partial charge is 0.241 e.